The van der Waals surface area contributed by atoms with E-state index < -0.39 is 5.91 Å². The molecule has 1 amide bonds. The zero-order valence-corrected chi connectivity index (χ0v) is 20.0. The van der Waals surface area contributed by atoms with Crippen LogP contribution in [0.4, 0.5) is 0 Å². The van der Waals surface area contributed by atoms with E-state index in [1.165, 1.54) is 0 Å². The van der Waals surface area contributed by atoms with Crippen molar-refractivity contribution in [1.82, 2.24) is 20.0 Å². The smallest absolute Gasteiger partial charge is 0.262 e. The number of nitriles is 1. The van der Waals surface area contributed by atoms with Gasteiger partial charge in [-0.05, 0) is 48.9 Å². The van der Waals surface area contributed by atoms with E-state index >= 15 is 0 Å². The second kappa shape index (κ2) is 11.5. The van der Waals surface area contributed by atoms with Crippen LogP contribution in [-0.4, -0.2) is 67.1 Å². The van der Waals surface area contributed by atoms with Gasteiger partial charge in [-0.1, -0.05) is 18.2 Å². The highest BCUT2D eigenvalue weighted by Crippen LogP contribution is 2.29. The molecular weight excluding hydrogens is 442 g/mol. The molecule has 0 aliphatic carbocycles. The van der Waals surface area contributed by atoms with Gasteiger partial charge in [0.05, 0.1) is 26.0 Å². The van der Waals surface area contributed by atoms with Gasteiger partial charge in [0, 0.05) is 43.5 Å². The number of para-hydroxylation sites is 1. The normalized spacial score (nSPS) is 14.4. The summed E-state index contributed by atoms with van der Waals surface area (Å²) in [7, 11) is 1.64. The molecule has 1 aliphatic heterocycles. The van der Waals surface area contributed by atoms with Gasteiger partial charge in [0.2, 0.25) is 0 Å². The molecular formula is C27H29N5O3. The number of aryl methyl sites for hydroxylation is 1. The SMILES string of the molecule is COc1ccc(-c2nn(-c3ccccc3)cc2/C=C(\C#N)C(=O)NCCN2CCOCC2)cc1C. The monoisotopic (exact) mass is 471 g/mol. The summed E-state index contributed by atoms with van der Waals surface area (Å²) in [5.74, 6) is 0.385. The van der Waals surface area contributed by atoms with Crippen molar-refractivity contribution in [2.75, 3.05) is 46.5 Å². The molecule has 2 aromatic carbocycles. The van der Waals surface area contributed by atoms with E-state index in [0.717, 1.165) is 42.2 Å². The summed E-state index contributed by atoms with van der Waals surface area (Å²) in [6, 6.07) is 17.6. The summed E-state index contributed by atoms with van der Waals surface area (Å²) >= 11 is 0. The number of amides is 1. The number of hydrogen-bond acceptors (Lipinski definition) is 6. The zero-order valence-electron chi connectivity index (χ0n) is 20.0. The molecule has 35 heavy (non-hydrogen) atoms. The van der Waals surface area contributed by atoms with Gasteiger partial charge in [-0.2, -0.15) is 10.4 Å². The van der Waals surface area contributed by atoms with Crippen LogP contribution in [0.25, 0.3) is 23.0 Å². The van der Waals surface area contributed by atoms with E-state index in [4.69, 9.17) is 14.6 Å². The molecule has 3 aromatic rings. The topological polar surface area (TPSA) is 92.4 Å². The fourth-order valence-electron chi connectivity index (χ4n) is 4.01. The Labute approximate surface area is 205 Å². The maximum absolute atomic E-state index is 12.8. The fourth-order valence-corrected chi connectivity index (χ4v) is 4.01. The molecule has 0 atom stereocenters. The number of benzene rings is 2. The van der Waals surface area contributed by atoms with Crippen LogP contribution in [0.2, 0.25) is 0 Å². The minimum atomic E-state index is -0.398. The molecule has 8 heteroatoms. The lowest BCUT2D eigenvalue weighted by molar-refractivity contribution is -0.117. The summed E-state index contributed by atoms with van der Waals surface area (Å²) in [6.45, 7) is 6.25. The van der Waals surface area contributed by atoms with Crippen molar-refractivity contribution >= 4 is 12.0 Å². The molecule has 2 heterocycles. The quantitative estimate of drug-likeness (QED) is 0.401. The fraction of sp³-hybridized carbons (Fsp3) is 0.296. The van der Waals surface area contributed by atoms with Crippen molar-refractivity contribution in [2.24, 2.45) is 0 Å². The number of ether oxygens (including phenoxy) is 2. The highest BCUT2D eigenvalue weighted by Gasteiger charge is 2.17. The number of nitrogens with one attached hydrogen (secondary N) is 1. The summed E-state index contributed by atoms with van der Waals surface area (Å²) < 4.78 is 12.5. The first-order valence-electron chi connectivity index (χ1n) is 11.6. The third-order valence-electron chi connectivity index (χ3n) is 5.91. The molecule has 1 aromatic heterocycles. The molecule has 0 spiro atoms. The number of morpholine rings is 1. The van der Waals surface area contributed by atoms with Gasteiger partial charge in [-0.25, -0.2) is 4.68 Å². The highest BCUT2D eigenvalue weighted by molar-refractivity contribution is 6.02. The predicted octanol–water partition coefficient (Wildman–Crippen LogP) is 3.21. The van der Waals surface area contributed by atoms with Gasteiger partial charge in [-0.15, -0.1) is 0 Å². The van der Waals surface area contributed by atoms with Crippen LogP contribution in [0.3, 0.4) is 0 Å². The second-order valence-electron chi connectivity index (χ2n) is 8.28. The van der Waals surface area contributed by atoms with Gasteiger partial charge in [0.1, 0.15) is 23.1 Å². The van der Waals surface area contributed by atoms with Crippen molar-refractivity contribution in [3.63, 3.8) is 0 Å². The molecule has 1 N–H and O–H groups in total. The minimum Gasteiger partial charge on any atom is -0.496 e. The van der Waals surface area contributed by atoms with E-state index in [0.29, 0.717) is 31.0 Å². The highest BCUT2D eigenvalue weighted by atomic mass is 16.5. The first kappa shape index (κ1) is 24.2. The number of hydrogen-bond donors (Lipinski definition) is 1. The molecule has 180 valence electrons. The number of methoxy groups -OCH3 is 1. The van der Waals surface area contributed by atoms with Crippen LogP contribution in [0.1, 0.15) is 11.1 Å². The lowest BCUT2D eigenvalue weighted by Crippen LogP contribution is -2.41. The van der Waals surface area contributed by atoms with Gasteiger partial charge in [-0.3, -0.25) is 9.69 Å². The summed E-state index contributed by atoms with van der Waals surface area (Å²) in [5, 5.41) is 17.4. The number of nitrogens with zero attached hydrogens (tertiary/aromatic N) is 4. The third-order valence-corrected chi connectivity index (χ3v) is 5.91. The maximum Gasteiger partial charge on any atom is 0.262 e. The summed E-state index contributed by atoms with van der Waals surface area (Å²) in [5.41, 5.74) is 4.11. The molecule has 8 nitrogen and oxygen atoms in total. The van der Waals surface area contributed by atoms with Crippen LogP contribution >= 0.6 is 0 Å². The van der Waals surface area contributed by atoms with Crippen LogP contribution in [-0.2, 0) is 9.53 Å². The van der Waals surface area contributed by atoms with E-state index in [1.807, 2.05) is 61.7 Å². The number of carbonyl (C=O) groups is 1. The van der Waals surface area contributed by atoms with Gasteiger partial charge < -0.3 is 14.8 Å². The molecule has 4 rings (SSSR count). The van der Waals surface area contributed by atoms with Crippen LogP contribution in [0.5, 0.6) is 5.75 Å². The van der Waals surface area contributed by atoms with Crippen molar-refractivity contribution in [3.8, 4) is 28.8 Å². The Kier molecular flexibility index (Phi) is 7.93. The van der Waals surface area contributed by atoms with Crippen LogP contribution < -0.4 is 10.1 Å². The molecule has 1 fully saturated rings. The molecule has 1 aliphatic rings. The van der Waals surface area contributed by atoms with E-state index in [-0.39, 0.29) is 5.57 Å². The van der Waals surface area contributed by atoms with Crippen LogP contribution in [0, 0.1) is 18.3 Å². The summed E-state index contributed by atoms with van der Waals surface area (Å²) in [6.07, 6.45) is 3.44. The molecule has 1 saturated heterocycles. The molecule has 0 bridgehead atoms. The molecule has 0 radical (unpaired) electrons. The zero-order chi connectivity index (χ0) is 24.6. The van der Waals surface area contributed by atoms with Gasteiger partial charge >= 0.3 is 0 Å². The second-order valence-corrected chi connectivity index (χ2v) is 8.28. The van der Waals surface area contributed by atoms with Crippen molar-refractivity contribution in [3.05, 3.63) is 71.4 Å². The lowest BCUT2D eigenvalue weighted by atomic mass is 10.0. The van der Waals surface area contributed by atoms with E-state index in [9.17, 15) is 10.1 Å². The number of aromatic nitrogens is 2. The minimum absolute atomic E-state index is 0.0334. The van der Waals surface area contributed by atoms with E-state index in [1.54, 1.807) is 17.9 Å². The Morgan fingerprint density at radius 1 is 1.23 bits per heavy atom. The average Bonchev–Trinajstić information content (AvgIpc) is 3.32. The average molecular weight is 472 g/mol. The Bertz CT molecular complexity index is 1240. The largest absolute Gasteiger partial charge is 0.496 e. The Morgan fingerprint density at radius 3 is 2.69 bits per heavy atom. The van der Waals surface area contributed by atoms with Crippen LogP contribution in [0.15, 0.2) is 60.3 Å². The third kappa shape index (κ3) is 5.96. The Balaban J connectivity index is 1.62. The Morgan fingerprint density at radius 2 is 2.00 bits per heavy atom. The standard InChI is InChI=1S/C27H29N5O3/c1-20-16-21(8-9-25(20)34-2)26-23(19-32(30-26)24-6-4-3-5-7-24)17-22(18-28)27(33)29-10-11-31-12-14-35-15-13-31/h3-9,16-17,19H,10-15H2,1-2H3,(H,29,33)/b22-17+. The lowest BCUT2D eigenvalue weighted by Gasteiger charge is -2.26. The maximum atomic E-state index is 12.8. The first-order chi connectivity index (χ1) is 17.1. The van der Waals surface area contributed by atoms with E-state index in [2.05, 4.69) is 16.3 Å². The molecule has 0 saturated carbocycles. The number of rotatable bonds is 8. The van der Waals surface area contributed by atoms with Crippen molar-refractivity contribution in [1.29, 1.82) is 5.26 Å². The Hall–Kier alpha value is -3.93. The first-order valence-corrected chi connectivity index (χ1v) is 11.6. The van der Waals surface area contributed by atoms with Gasteiger partial charge in [0.15, 0.2) is 0 Å². The van der Waals surface area contributed by atoms with Crippen molar-refractivity contribution < 1.29 is 14.3 Å². The number of carbonyl (C=O) groups excluding carboxylic acids is 1. The van der Waals surface area contributed by atoms with Gasteiger partial charge in [0.25, 0.3) is 5.91 Å². The summed E-state index contributed by atoms with van der Waals surface area (Å²) in [4.78, 5) is 15.0. The molecule has 0 unspecified atom stereocenters. The predicted molar refractivity (Wildman–Crippen MR) is 134 cm³/mol. The van der Waals surface area contributed by atoms with Crippen molar-refractivity contribution in [2.45, 2.75) is 6.92 Å².